The highest BCUT2D eigenvalue weighted by molar-refractivity contribution is 9.10. The third-order valence-corrected chi connectivity index (χ3v) is 3.16. The highest BCUT2D eigenvalue weighted by Crippen LogP contribution is 2.10. The number of hydrogen-bond donors (Lipinski definition) is 2. The maximum Gasteiger partial charge on any atom is 0.287 e. The largest absolute Gasteiger partial charge is 0.287 e. The van der Waals surface area contributed by atoms with Crippen molar-refractivity contribution in [3.63, 3.8) is 0 Å². The molecular weight excluding hydrogens is 324 g/mol. The molecule has 0 saturated carbocycles. The van der Waals surface area contributed by atoms with Crippen LogP contribution in [0.5, 0.6) is 0 Å². The quantitative estimate of drug-likeness (QED) is 0.817. The first kappa shape index (κ1) is 14.3. The van der Waals surface area contributed by atoms with Crippen LogP contribution in [0.15, 0.2) is 34.8 Å². The molecular formula is C13H13BrN4O2. The molecule has 0 aliphatic rings. The molecule has 1 aromatic heterocycles. The average Bonchev–Trinajstić information content (AvgIpc) is 2.75. The molecule has 6 nitrogen and oxygen atoms in total. The van der Waals surface area contributed by atoms with Gasteiger partial charge in [0.15, 0.2) is 0 Å². The summed E-state index contributed by atoms with van der Waals surface area (Å²) in [7, 11) is 1.67. The number of carbonyl (C=O) groups is 2. The number of carbonyl (C=O) groups excluding carboxylic acids is 2. The topological polar surface area (TPSA) is 76.0 Å². The summed E-state index contributed by atoms with van der Waals surface area (Å²) in [6, 6.07) is 8.45. The van der Waals surface area contributed by atoms with Crippen LogP contribution in [0.4, 0.5) is 0 Å². The van der Waals surface area contributed by atoms with E-state index in [0.29, 0.717) is 11.3 Å². The number of benzene rings is 1. The maximum absolute atomic E-state index is 11.9. The van der Waals surface area contributed by atoms with Crippen LogP contribution in [0, 0.1) is 6.92 Å². The number of rotatable bonds is 2. The van der Waals surface area contributed by atoms with E-state index in [2.05, 4.69) is 31.9 Å². The lowest BCUT2D eigenvalue weighted by atomic mass is 10.2. The Balaban J connectivity index is 1.98. The summed E-state index contributed by atoms with van der Waals surface area (Å²) >= 11 is 3.29. The predicted molar refractivity (Wildman–Crippen MR) is 77.0 cm³/mol. The molecule has 0 spiro atoms. The number of aromatic nitrogens is 2. The number of hydrogen-bond acceptors (Lipinski definition) is 3. The smallest absolute Gasteiger partial charge is 0.267 e. The molecule has 2 aromatic rings. The molecule has 0 saturated heterocycles. The summed E-state index contributed by atoms with van der Waals surface area (Å²) in [5.74, 6) is -0.802. The molecule has 1 aromatic carbocycles. The van der Waals surface area contributed by atoms with Crippen LogP contribution in [-0.4, -0.2) is 21.6 Å². The average molecular weight is 337 g/mol. The fourth-order valence-electron chi connectivity index (χ4n) is 1.67. The zero-order valence-corrected chi connectivity index (χ0v) is 12.6. The molecule has 104 valence electrons. The van der Waals surface area contributed by atoms with E-state index in [1.807, 2.05) is 0 Å². The Morgan fingerprint density at radius 2 is 1.75 bits per heavy atom. The standard InChI is InChI=1S/C13H13BrN4O2/c1-8-7-11(18(2)17-8)13(20)16-15-12(19)9-3-5-10(14)6-4-9/h3-7H,1-2H3,(H,15,19)(H,16,20). The van der Waals surface area contributed by atoms with Gasteiger partial charge in [-0.25, -0.2) is 0 Å². The molecule has 2 amide bonds. The Bertz CT molecular complexity index is 649. The molecule has 0 aliphatic carbocycles. The first-order valence-electron chi connectivity index (χ1n) is 5.84. The monoisotopic (exact) mass is 336 g/mol. The lowest BCUT2D eigenvalue weighted by molar-refractivity contribution is 0.0841. The summed E-state index contributed by atoms with van der Waals surface area (Å²) in [6.07, 6.45) is 0. The van der Waals surface area contributed by atoms with Crippen LogP contribution >= 0.6 is 15.9 Å². The van der Waals surface area contributed by atoms with Crippen molar-refractivity contribution >= 4 is 27.7 Å². The minimum absolute atomic E-state index is 0.374. The van der Waals surface area contributed by atoms with E-state index in [-0.39, 0.29) is 5.91 Å². The summed E-state index contributed by atoms with van der Waals surface area (Å²) in [5, 5.41) is 4.07. The van der Waals surface area contributed by atoms with Gasteiger partial charge in [0.25, 0.3) is 11.8 Å². The van der Waals surface area contributed by atoms with Crippen molar-refractivity contribution < 1.29 is 9.59 Å². The van der Waals surface area contributed by atoms with Crippen molar-refractivity contribution in [3.05, 3.63) is 51.8 Å². The third-order valence-electron chi connectivity index (χ3n) is 2.63. The zero-order chi connectivity index (χ0) is 14.7. The second-order valence-corrected chi connectivity index (χ2v) is 5.13. The molecule has 0 aliphatic heterocycles. The van der Waals surface area contributed by atoms with Crippen LogP contribution < -0.4 is 10.9 Å². The molecule has 20 heavy (non-hydrogen) atoms. The summed E-state index contributed by atoms with van der Waals surface area (Å²) in [5.41, 5.74) is 6.27. The van der Waals surface area contributed by atoms with Gasteiger partial charge in [-0.1, -0.05) is 15.9 Å². The first-order valence-corrected chi connectivity index (χ1v) is 6.63. The number of aryl methyl sites for hydroxylation is 2. The fourth-order valence-corrected chi connectivity index (χ4v) is 1.94. The molecule has 7 heteroatoms. The van der Waals surface area contributed by atoms with Crippen molar-refractivity contribution in [1.29, 1.82) is 0 Å². The normalized spacial score (nSPS) is 10.2. The maximum atomic E-state index is 11.9. The first-order chi connectivity index (χ1) is 9.47. The number of halogens is 1. The summed E-state index contributed by atoms with van der Waals surface area (Å²) in [6.45, 7) is 1.79. The highest BCUT2D eigenvalue weighted by Gasteiger charge is 2.13. The number of nitrogens with one attached hydrogen (secondary N) is 2. The Morgan fingerprint density at radius 1 is 1.15 bits per heavy atom. The molecule has 2 rings (SSSR count). The van der Waals surface area contributed by atoms with E-state index < -0.39 is 5.91 Å². The fraction of sp³-hybridized carbons (Fsp3) is 0.154. The Labute approximate surface area is 124 Å². The van der Waals surface area contributed by atoms with E-state index in [9.17, 15) is 9.59 Å². The van der Waals surface area contributed by atoms with Gasteiger partial charge in [0.05, 0.1) is 5.69 Å². The number of nitrogens with zero attached hydrogens (tertiary/aromatic N) is 2. The third kappa shape index (κ3) is 3.24. The van der Waals surface area contributed by atoms with Crippen LogP contribution in [0.2, 0.25) is 0 Å². The van der Waals surface area contributed by atoms with Gasteiger partial charge < -0.3 is 0 Å². The molecule has 0 unspecified atom stereocenters. The molecule has 0 bridgehead atoms. The van der Waals surface area contributed by atoms with E-state index in [1.165, 1.54) is 4.68 Å². The van der Waals surface area contributed by atoms with Gasteiger partial charge in [-0.15, -0.1) is 0 Å². The Hall–Kier alpha value is -2.15. The Morgan fingerprint density at radius 3 is 2.30 bits per heavy atom. The van der Waals surface area contributed by atoms with Gasteiger partial charge in [0.2, 0.25) is 0 Å². The van der Waals surface area contributed by atoms with E-state index >= 15 is 0 Å². The minimum atomic E-state index is -0.418. The van der Waals surface area contributed by atoms with Crippen molar-refractivity contribution in [2.75, 3.05) is 0 Å². The van der Waals surface area contributed by atoms with Crippen LogP contribution in [0.1, 0.15) is 26.5 Å². The SMILES string of the molecule is Cc1cc(C(=O)NNC(=O)c2ccc(Br)cc2)n(C)n1. The molecule has 0 atom stereocenters. The van der Waals surface area contributed by atoms with Crippen molar-refractivity contribution in [3.8, 4) is 0 Å². The van der Waals surface area contributed by atoms with Crippen molar-refractivity contribution in [2.45, 2.75) is 6.92 Å². The summed E-state index contributed by atoms with van der Waals surface area (Å²) < 4.78 is 2.33. The van der Waals surface area contributed by atoms with Gasteiger partial charge in [-0.05, 0) is 37.3 Å². The van der Waals surface area contributed by atoms with E-state index in [1.54, 1.807) is 44.3 Å². The van der Waals surface area contributed by atoms with Gasteiger partial charge in [0, 0.05) is 17.1 Å². The second-order valence-electron chi connectivity index (χ2n) is 4.21. The molecule has 2 N–H and O–H groups in total. The van der Waals surface area contributed by atoms with Gasteiger partial charge in [0.1, 0.15) is 5.69 Å². The number of amides is 2. The van der Waals surface area contributed by atoms with Gasteiger partial charge >= 0.3 is 0 Å². The van der Waals surface area contributed by atoms with Crippen molar-refractivity contribution in [1.82, 2.24) is 20.6 Å². The summed E-state index contributed by atoms with van der Waals surface area (Å²) in [4.78, 5) is 23.7. The van der Waals surface area contributed by atoms with Crippen LogP contribution in [0.3, 0.4) is 0 Å². The molecule has 1 heterocycles. The van der Waals surface area contributed by atoms with Crippen LogP contribution in [-0.2, 0) is 7.05 Å². The molecule has 0 fully saturated rings. The highest BCUT2D eigenvalue weighted by atomic mass is 79.9. The van der Waals surface area contributed by atoms with E-state index in [4.69, 9.17) is 0 Å². The van der Waals surface area contributed by atoms with Gasteiger partial charge in [-0.2, -0.15) is 5.10 Å². The van der Waals surface area contributed by atoms with Crippen LogP contribution in [0.25, 0.3) is 0 Å². The number of hydrazine groups is 1. The van der Waals surface area contributed by atoms with Gasteiger partial charge in [-0.3, -0.25) is 25.1 Å². The lowest BCUT2D eigenvalue weighted by Gasteiger charge is -2.07. The second kappa shape index (κ2) is 5.87. The van der Waals surface area contributed by atoms with Crippen molar-refractivity contribution in [2.24, 2.45) is 7.05 Å². The predicted octanol–water partition coefficient (Wildman–Crippen LogP) is 1.57. The zero-order valence-electron chi connectivity index (χ0n) is 11.0. The lowest BCUT2D eigenvalue weighted by Crippen LogP contribution is -2.42. The molecule has 0 radical (unpaired) electrons. The van der Waals surface area contributed by atoms with E-state index in [0.717, 1.165) is 10.2 Å². The Kier molecular flexibility index (Phi) is 4.19. The minimum Gasteiger partial charge on any atom is -0.267 e.